The number of benzene rings is 2. The Bertz CT molecular complexity index is 1560. The van der Waals surface area contributed by atoms with Crippen LogP contribution in [0.15, 0.2) is 41.8 Å². The maximum absolute atomic E-state index is 15.5. The van der Waals surface area contributed by atoms with Crippen molar-refractivity contribution in [2.45, 2.75) is 89.7 Å². The molecule has 10 heteroatoms. The first-order chi connectivity index (χ1) is 22.2. The summed E-state index contributed by atoms with van der Waals surface area (Å²) in [5.41, 5.74) is 1.95. The molecule has 46 heavy (non-hydrogen) atoms. The second-order valence-corrected chi connectivity index (χ2v) is 14.3. The Balaban J connectivity index is 1.14. The molecule has 1 aliphatic carbocycles. The maximum atomic E-state index is 15.5. The van der Waals surface area contributed by atoms with Gasteiger partial charge < -0.3 is 24.5 Å². The molecular formula is C36H44FN3O5S. The van der Waals surface area contributed by atoms with Crippen LogP contribution < -0.4 is 5.32 Å². The average molecular weight is 650 g/mol. The lowest BCUT2D eigenvalue weighted by molar-refractivity contribution is -0.133. The lowest BCUT2D eigenvalue weighted by Gasteiger charge is -2.38. The molecule has 2 saturated heterocycles. The first-order valence-corrected chi connectivity index (χ1v) is 17.4. The lowest BCUT2D eigenvalue weighted by Crippen LogP contribution is -2.51. The van der Waals surface area contributed by atoms with Crippen molar-refractivity contribution in [3.05, 3.63) is 64.3 Å². The molecule has 0 radical (unpaired) electrons. The molecule has 2 amide bonds. The molecule has 246 valence electrons. The van der Waals surface area contributed by atoms with Crippen molar-refractivity contribution in [1.82, 2.24) is 9.80 Å². The standard InChI is InChI=1S/C36H44FN3O5S/c1-22-12-26(32(37)15-33(22)38-36(43)31-21-46-34-7-5-4-6-30(31)34)13-35(42)40-18-27(39-16-23(2)45-24(3)17-39)14-28(40)20-44-29-10-8-25(19-41)9-11-29/h4-7,12,15,19,21,23-25,27-29H,8-11,13-14,16-18,20H2,1-3H3,(H,38,43)/t23-,24+,25?,27-,28-,29?/m0/s1. The van der Waals surface area contributed by atoms with E-state index in [-0.39, 0.29) is 54.5 Å². The minimum absolute atomic E-state index is 0.0698. The zero-order valence-corrected chi connectivity index (χ0v) is 27.7. The number of fused-ring (bicyclic) bond motifs is 1. The number of anilines is 1. The number of halogens is 1. The molecule has 3 aliphatic rings. The van der Waals surface area contributed by atoms with Crippen LogP contribution in [0.3, 0.4) is 0 Å². The summed E-state index contributed by atoms with van der Waals surface area (Å²) in [4.78, 5) is 42.5. The summed E-state index contributed by atoms with van der Waals surface area (Å²) < 4.78 is 28.9. The highest BCUT2D eigenvalue weighted by Crippen LogP contribution is 2.31. The van der Waals surface area contributed by atoms with Gasteiger partial charge in [-0.15, -0.1) is 11.3 Å². The zero-order chi connectivity index (χ0) is 32.4. The van der Waals surface area contributed by atoms with Crippen molar-refractivity contribution in [2.24, 2.45) is 5.92 Å². The van der Waals surface area contributed by atoms with Crippen LogP contribution in [0.25, 0.3) is 10.1 Å². The van der Waals surface area contributed by atoms with Crippen molar-refractivity contribution in [3.8, 4) is 0 Å². The van der Waals surface area contributed by atoms with Gasteiger partial charge in [-0.25, -0.2) is 4.39 Å². The Kier molecular flexibility index (Phi) is 10.2. The van der Waals surface area contributed by atoms with Crippen molar-refractivity contribution in [1.29, 1.82) is 0 Å². The number of aldehydes is 1. The highest BCUT2D eigenvalue weighted by atomic mass is 32.1. The molecule has 1 N–H and O–H groups in total. The molecule has 1 aromatic heterocycles. The van der Waals surface area contributed by atoms with E-state index in [9.17, 15) is 14.4 Å². The summed E-state index contributed by atoms with van der Waals surface area (Å²) in [5, 5.41) is 5.55. The second-order valence-electron chi connectivity index (χ2n) is 13.3. The Morgan fingerprint density at radius 1 is 1.09 bits per heavy atom. The fraction of sp³-hybridized carbons (Fsp3) is 0.528. The monoisotopic (exact) mass is 649 g/mol. The van der Waals surface area contributed by atoms with Crippen LogP contribution in [-0.2, 0) is 25.5 Å². The molecule has 3 heterocycles. The van der Waals surface area contributed by atoms with Gasteiger partial charge in [-0.05, 0) is 76.1 Å². The normalized spacial score (nSPS) is 27.2. The van der Waals surface area contributed by atoms with Crippen LogP contribution >= 0.6 is 11.3 Å². The van der Waals surface area contributed by atoms with Crippen LogP contribution in [0.4, 0.5) is 10.1 Å². The topological polar surface area (TPSA) is 88.2 Å². The Morgan fingerprint density at radius 2 is 1.83 bits per heavy atom. The highest BCUT2D eigenvalue weighted by molar-refractivity contribution is 7.17. The van der Waals surface area contributed by atoms with Gasteiger partial charge in [0.05, 0.1) is 42.9 Å². The number of nitrogens with zero attached hydrogens (tertiary/aromatic N) is 2. The summed E-state index contributed by atoms with van der Waals surface area (Å²) in [5.74, 6) is -0.820. The van der Waals surface area contributed by atoms with Crippen LogP contribution in [0, 0.1) is 18.7 Å². The number of amides is 2. The van der Waals surface area contributed by atoms with Gasteiger partial charge in [0.25, 0.3) is 5.91 Å². The molecule has 8 nitrogen and oxygen atoms in total. The smallest absolute Gasteiger partial charge is 0.257 e. The van der Waals surface area contributed by atoms with E-state index in [1.807, 2.05) is 41.5 Å². The van der Waals surface area contributed by atoms with Gasteiger partial charge >= 0.3 is 0 Å². The van der Waals surface area contributed by atoms with E-state index in [0.717, 1.165) is 61.6 Å². The summed E-state index contributed by atoms with van der Waals surface area (Å²) in [6, 6.07) is 10.8. The van der Waals surface area contributed by atoms with Gasteiger partial charge in [-0.2, -0.15) is 0 Å². The van der Waals surface area contributed by atoms with Gasteiger partial charge in [0, 0.05) is 52.7 Å². The van der Waals surface area contributed by atoms with E-state index in [1.165, 1.54) is 17.4 Å². The van der Waals surface area contributed by atoms with E-state index < -0.39 is 5.82 Å². The summed E-state index contributed by atoms with van der Waals surface area (Å²) in [6.45, 7) is 8.58. The SMILES string of the molecule is Cc1cc(CC(=O)N2C[C@@H](N3C[C@@H](C)O[C@@H](C)C3)C[C@H]2COC2CCC(C=O)CC2)c(F)cc1NC(=O)c1csc2ccccc12. The molecule has 3 aromatic rings. The third-order valence-electron chi connectivity index (χ3n) is 9.82. The van der Waals surface area contributed by atoms with E-state index in [0.29, 0.717) is 35.5 Å². The van der Waals surface area contributed by atoms with E-state index in [4.69, 9.17) is 9.47 Å². The van der Waals surface area contributed by atoms with Gasteiger partial charge in [0.15, 0.2) is 0 Å². The fourth-order valence-electron chi connectivity index (χ4n) is 7.39. The minimum Gasteiger partial charge on any atom is -0.376 e. The molecule has 1 saturated carbocycles. The molecule has 0 bridgehead atoms. The van der Waals surface area contributed by atoms with Gasteiger partial charge in [0.1, 0.15) is 12.1 Å². The fourth-order valence-corrected chi connectivity index (χ4v) is 8.33. The molecule has 0 unspecified atom stereocenters. The number of ether oxygens (including phenoxy) is 2. The largest absolute Gasteiger partial charge is 0.376 e. The summed E-state index contributed by atoms with van der Waals surface area (Å²) in [7, 11) is 0. The number of hydrogen-bond acceptors (Lipinski definition) is 7. The number of hydrogen-bond donors (Lipinski definition) is 1. The Labute approximate surface area is 274 Å². The summed E-state index contributed by atoms with van der Waals surface area (Å²) in [6.07, 6.45) is 5.47. The van der Waals surface area contributed by atoms with Crippen LogP contribution in [0.2, 0.25) is 0 Å². The third kappa shape index (κ3) is 7.35. The first kappa shape index (κ1) is 32.7. The van der Waals surface area contributed by atoms with Gasteiger partial charge in [-0.3, -0.25) is 14.5 Å². The van der Waals surface area contributed by atoms with Crippen LogP contribution in [0.1, 0.15) is 67.4 Å². The van der Waals surface area contributed by atoms with Crippen LogP contribution in [0.5, 0.6) is 0 Å². The number of morpholine rings is 1. The minimum atomic E-state index is -0.518. The third-order valence-corrected chi connectivity index (χ3v) is 10.8. The number of carbonyl (C=O) groups is 3. The number of rotatable bonds is 9. The first-order valence-electron chi connectivity index (χ1n) is 16.5. The molecule has 2 aliphatic heterocycles. The van der Waals surface area contributed by atoms with Gasteiger partial charge in [0.2, 0.25) is 5.91 Å². The van der Waals surface area contributed by atoms with Gasteiger partial charge in [-0.1, -0.05) is 24.3 Å². The van der Waals surface area contributed by atoms with Crippen molar-refractivity contribution >= 4 is 45.2 Å². The Morgan fingerprint density at radius 3 is 2.57 bits per heavy atom. The Hall–Kier alpha value is -3.18. The van der Waals surface area contributed by atoms with Crippen molar-refractivity contribution in [2.75, 3.05) is 31.6 Å². The highest BCUT2D eigenvalue weighted by Gasteiger charge is 2.40. The van der Waals surface area contributed by atoms with E-state index >= 15 is 4.39 Å². The number of thiophene rings is 1. The van der Waals surface area contributed by atoms with Crippen molar-refractivity contribution < 1.29 is 28.2 Å². The molecule has 4 atom stereocenters. The molecule has 2 aromatic carbocycles. The molecule has 3 fully saturated rings. The number of carbonyl (C=O) groups excluding carboxylic acids is 3. The van der Waals surface area contributed by atoms with E-state index in [2.05, 4.69) is 24.1 Å². The number of likely N-dealkylation sites (tertiary alicyclic amines) is 1. The quantitative estimate of drug-likeness (QED) is 0.287. The van der Waals surface area contributed by atoms with E-state index in [1.54, 1.807) is 6.07 Å². The van der Waals surface area contributed by atoms with Crippen LogP contribution in [-0.4, -0.2) is 84.5 Å². The van der Waals surface area contributed by atoms with Crippen molar-refractivity contribution in [3.63, 3.8) is 0 Å². The average Bonchev–Trinajstić information content (AvgIpc) is 3.67. The zero-order valence-electron chi connectivity index (χ0n) is 26.9. The lowest BCUT2D eigenvalue weighted by atomic mass is 9.88. The predicted octanol–water partition coefficient (Wildman–Crippen LogP) is 6.00. The molecule has 0 spiro atoms. The second kappa shape index (κ2) is 14.3. The number of aryl methyl sites for hydroxylation is 1. The summed E-state index contributed by atoms with van der Waals surface area (Å²) >= 11 is 1.50. The molecule has 6 rings (SSSR count). The maximum Gasteiger partial charge on any atom is 0.257 e. The molecular weight excluding hydrogens is 605 g/mol. The number of nitrogens with one attached hydrogen (secondary N) is 1. The predicted molar refractivity (Wildman–Crippen MR) is 178 cm³/mol.